The number of nitrogens with one attached hydrogen (secondary N) is 1. The van der Waals surface area contributed by atoms with Gasteiger partial charge in [0.2, 0.25) is 5.91 Å². The minimum absolute atomic E-state index is 0.0385. The molecule has 3 N–H and O–H groups in total. The van der Waals surface area contributed by atoms with Crippen molar-refractivity contribution in [2.45, 2.75) is 219 Å². The lowest BCUT2D eigenvalue weighted by Gasteiger charge is -2.22. The van der Waals surface area contributed by atoms with Crippen LogP contribution in [0.15, 0.2) is 60.8 Å². The number of unbranched alkanes of at least 4 members (excludes halogenated alkanes) is 21. The molecule has 0 bridgehead atoms. The summed E-state index contributed by atoms with van der Waals surface area (Å²) in [5, 5.41) is 23.1. The van der Waals surface area contributed by atoms with E-state index in [0.29, 0.717) is 12.8 Å². The Bertz CT molecular complexity index is 842. The highest BCUT2D eigenvalue weighted by molar-refractivity contribution is 5.76. The topological polar surface area (TPSA) is 69.6 Å². The van der Waals surface area contributed by atoms with Crippen LogP contribution in [0.5, 0.6) is 0 Å². The zero-order chi connectivity index (χ0) is 36.4. The number of allylic oxidation sites excluding steroid dienone is 10. The van der Waals surface area contributed by atoms with Gasteiger partial charge in [0.1, 0.15) is 0 Å². The van der Waals surface area contributed by atoms with Gasteiger partial charge in [0.05, 0.1) is 18.8 Å². The van der Waals surface area contributed by atoms with E-state index in [1.165, 1.54) is 122 Å². The summed E-state index contributed by atoms with van der Waals surface area (Å²) in [6, 6.07) is -0.538. The van der Waals surface area contributed by atoms with Gasteiger partial charge in [-0.15, -0.1) is 0 Å². The summed E-state index contributed by atoms with van der Waals surface area (Å²) in [5.74, 6) is -0.0385. The number of rotatable bonds is 38. The van der Waals surface area contributed by atoms with Crippen LogP contribution in [-0.2, 0) is 4.79 Å². The molecule has 50 heavy (non-hydrogen) atoms. The molecule has 0 radical (unpaired) electrons. The second kappa shape index (κ2) is 41.5. The number of carbonyl (C=O) groups is 1. The third-order valence-corrected chi connectivity index (χ3v) is 9.54. The second-order valence-corrected chi connectivity index (χ2v) is 14.4. The van der Waals surface area contributed by atoms with Crippen molar-refractivity contribution < 1.29 is 15.0 Å². The van der Waals surface area contributed by atoms with Crippen LogP contribution in [0.4, 0.5) is 0 Å². The van der Waals surface area contributed by atoms with Crippen LogP contribution in [0.1, 0.15) is 206 Å². The molecular formula is C46H83NO3. The fourth-order valence-electron chi connectivity index (χ4n) is 6.27. The molecule has 2 unspecified atom stereocenters. The zero-order valence-electron chi connectivity index (χ0n) is 33.2. The standard InChI is InChI=1S/C46H83NO3/c1-3-5-7-9-11-13-15-16-17-18-19-20-21-22-23-24-25-26-27-28-29-30-32-34-36-38-40-42-46(50)47-44(43-48)45(49)41-39-37-35-33-31-14-12-10-8-6-4-2/h5,7,11,13,16-17,19-20,22-23,44-45,48-49H,3-4,6,8-10,12,14-15,18,21,24-43H2,1-2H3,(H,47,50)/b7-5-,13-11-,17-16-,20-19-,23-22-. The van der Waals surface area contributed by atoms with E-state index in [1.807, 2.05) is 0 Å². The average molecular weight is 698 g/mol. The Balaban J connectivity index is 3.53. The molecule has 1 amide bonds. The summed E-state index contributed by atoms with van der Waals surface area (Å²) >= 11 is 0. The fraction of sp³-hybridized carbons (Fsp3) is 0.761. The van der Waals surface area contributed by atoms with Gasteiger partial charge in [0.25, 0.3) is 0 Å². The van der Waals surface area contributed by atoms with E-state index in [2.05, 4.69) is 79.9 Å². The van der Waals surface area contributed by atoms with E-state index in [-0.39, 0.29) is 12.5 Å². The summed E-state index contributed by atoms with van der Waals surface area (Å²) in [5.41, 5.74) is 0. The molecule has 2 atom stereocenters. The quantitative estimate of drug-likeness (QED) is 0.0444. The van der Waals surface area contributed by atoms with Crippen LogP contribution in [0, 0.1) is 0 Å². The second-order valence-electron chi connectivity index (χ2n) is 14.4. The molecule has 0 aliphatic rings. The highest BCUT2D eigenvalue weighted by Crippen LogP contribution is 2.15. The lowest BCUT2D eigenvalue weighted by Crippen LogP contribution is -2.45. The van der Waals surface area contributed by atoms with Crippen LogP contribution in [0.2, 0.25) is 0 Å². The van der Waals surface area contributed by atoms with E-state index in [4.69, 9.17) is 0 Å². The van der Waals surface area contributed by atoms with E-state index >= 15 is 0 Å². The van der Waals surface area contributed by atoms with Crippen LogP contribution >= 0.6 is 0 Å². The first-order chi connectivity index (χ1) is 24.7. The molecule has 0 aromatic rings. The van der Waals surface area contributed by atoms with Gasteiger partial charge in [-0.05, 0) is 57.8 Å². The lowest BCUT2D eigenvalue weighted by molar-refractivity contribution is -0.123. The monoisotopic (exact) mass is 698 g/mol. The minimum Gasteiger partial charge on any atom is -0.394 e. The van der Waals surface area contributed by atoms with Crippen molar-refractivity contribution in [3.8, 4) is 0 Å². The van der Waals surface area contributed by atoms with Crippen molar-refractivity contribution in [1.82, 2.24) is 5.32 Å². The van der Waals surface area contributed by atoms with Crippen molar-refractivity contribution in [1.29, 1.82) is 0 Å². The van der Waals surface area contributed by atoms with Crippen molar-refractivity contribution in [3.63, 3.8) is 0 Å². The van der Waals surface area contributed by atoms with Gasteiger partial charge in [0, 0.05) is 6.42 Å². The lowest BCUT2D eigenvalue weighted by atomic mass is 10.0. The molecule has 0 aliphatic carbocycles. The van der Waals surface area contributed by atoms with Gasteiger partial charge in [-0.3, -0.25) is 4.79 Å². The number of carbonyl (C=O) groups excluding carboxylic acids is 1. The molecule has 0 aliphatic heterocycles. The Morgan fingerprint density at radius 1 is 0.500 bits per heavy atom. The van der Waals surface area contributed by atoms with Crippen LogP contribution in [0.3, 0.4) is 0 Å². The molecular weight excluding hydrogens is 615 g/mol. The first-order valence-corrected chi connectivity index (χ1v) is 21.5. The number of hydrogen-bond acceptors (Lipinski definition) is 3. The Kier molecular flexibility index (Phi) is 39.9. The molecule has 4 nitrogen and oxygen atoms in total. The van der Waals surface area contributed by atoms with E-state index in [0.717, 1.165) is 57.8 Å². The molecule has 0 aromatic carbocycles. The van der Waals surface area contributed by atoms with E-state index in [9.17, 15) is 15.0 Å². The molecule has 0 rings (SSSR count). The molecule has 0 saturated heterocycles. The summed E-state index contributed by atoms with van der Waals surface area (Å²) in [6.07, 6.45) is 57.2. The average Bonchev–Trinajstić information content (AvgIpc) is 3.12. The van der Waals surface area contributed by atoms with Crippen LogP contribution in [0.25, 0.3) is 0 Å². The minimum atomic E-state index is -0.661. The van der Waals surface area contributed by atoms with Crippen LogP contribution in [-0.4, -0.2) is 34.9 Å². The summed E-state index contributed by atoms with van der Waals surface area (Å²) in [4.78, 5) is 12.4. The summed E-state index contributed by atoms with van der Waals surface area (Å²) < 4.78 is 0. The molecule has 0 aromatic heterocycles. The highest BCUT2D eigenvalue weighted by atomic mass is 16.3. The highest BCUT2D eigenvalue weighted by Gasteiger charge is 2.19. The van der Waals surface area contributed by atoms with Crippen molar-refractivity contribution in [3.05, 3.63) is 60.8 Å². The predicted molar refractivity (Wildman–Crippen MR) is 221 cm³/mol. The Morgan fingerprint density at radius 2 is 0.880 bits per heavy atom. The number of aliphatic hydroxyl groups excluding tert-OH is 2. The van der Waals surface area contributed by atoms with Gasteiger partial charge in [-0.1, -0.05) is 203 Å². The molecule has 0 fully saturated rings. The number of aliphatic hydroxyl groups is 2. The first kappa shape index (κ1) is 48.1. The smallest absolute Gasteiger partial charge is 0.220 e. The summed E-state index contributed by atoms with van der Waals surface area (Å²) in [6.45, 7) is 4.23. The van der Waals surface area contributed by atoms with Gasteiger partial charge >= 0.3 is 0 Å². The van der Waals surface area contributed by atoms with Crippen LogP contribution < -0.4 is 5.32 Å². The third-order valence-electron chi connectivity index (χ3n) is 9.54. The maximum absolute atomic E-state index is 12.4. The van der Waals surface area contributed by atoms with E-state index in [1.54, 1.807) is 0 Å². The van der Waals surface area contributed by atoms with Gasteiger partial charge in [0.15, 0.2) is 0 Å². The zero-order valence-corrected chi connectivity index (χ0v) is 33.2. The molecule has 0 spiro atoms. The Hall–Kier alpha value is -1.91. The van der Waals surface area contributed by atoms with Gasteiger partial charge < -0.3 is 15.5 Å². The van der Waals surface area contributed by atoms with Crippen molar-refractivity contribution >= 4 is 5.91 Å². The molecule has 0 heterocycles. The Morgan fingerprint density at radius 3 is 1.32 bits per heavy atom. The normalized spacial score (nSPS) is 13.6. The van der Waals surface area contributed by atoms with Crippen molar-refractivity contribution in [2.75, 3.05) is 6.61 Å². The maximum Gasteiger partial charge on any atom is 0.220 e. The molecule has 0 saturated carbocycles. The molecule has 290 valence electrons. The number of amides is 1. The third kappa shape index (κ3) is 37.3. The van der Waals surface area contributed by atoms with Crippen molar-refractivity contribution in [2.24, 2.45) is 0 Å². The summed E-state index contributed by atoms with van der Waals surface area (Å²) in [7, 11) is 0. The molecule has 4 heteroatoms. The van der Waals surface area contributed by atoms with Gasteiger partial charge in [-0.25, -0.2) is 0 Å². The fourth-order valence-corrected chi connectivity index (χ4v) is 6.27. The number of hydrogen-bond donors (Lipinski definition) is 3. The van der Waals surface area contributed by atoms with Gasteiger partial charge in [-0.2, -0.15) is 0 Å². The largest absolute Gasteiger partial charge is 0.394 e. The SMILES string of the molecule is CC/C=C\C/C=C\C/C=C\C/C=C\C/C=C\CCCCCCCCCCCCCC(=O)NC(CO)C(O)CCCCCCCCCCCCC. The van der Waals surface area contributed by atoms with E-state index < -0.39 is 12.1 Å². The predicted octanol–water partition coefficient (Wildman–Crippen LogP) is 13.3. The maximum atomic E-state index is 12.4. The Labute approximate surface area is 311 Å². The first-order valence-electron chi connectivity index (χ1n) is 21.5.